The van der Waals surface area contributed by atoms with Crippen LogP contribution in [-0.4, -0.2) is 60.7 Å². The highest BCUT2D eigenvalue weighted by Crippen LogP contribution is 2.25. The normalized spacial score (nSPS) is 14.5. The molecule has 0 bridgehead atoms. The number of nitrogens with two attached hydrogens (primary N) is 1. The van der Waals surface area contributed by atoms with E-state index in [0.717, 1.165) is 18.4 Å². The first-order chi connectivity index (χ1) is 19.0. The van der Waals surface area contributed by atoms with Crippen molar-refractivity contribution in [3.8, 4) is 17.3 Å². The summed E-state index contributed by atoms with van der Waals surface area (Å²) in [6.45, 7) is 1.62. The predicted molar refractivity (Wildman–Crippen MR) is 145 cm³/mol. The molecule has 2 amide bonds. The minimum Gasteiger partial charge on any atom is -0.448 e. The van der Waals surface area contributed by atoms with Gasteiger partial charge in [0.15, 0.2) is 0 Å². The third-order valence-corrected chi connectivity index (χ3v) is 6.51. The fourth-order valence-corrected chi connectivity index (χ4v) is 4.57. The number of carbonyl (C=O) groups is 2. The Morgan fingerprint density at radius 3 is 2.82 bits per heavy atom. The van der Waals surface area contributed by atoms with E-state index in [2.05, 4.69) is 21.7 Å². The van der Waals surface area contributed by atoms with Gasteiger partial charge in [0.25, 0.3) is 5.91 Å². The lowest BCUT2D eigenvalue weighted by molar-refractivity contribution is 0.0896. The van der Waals surface area contributed by atoms with E-state index in [9.17, 15) is 19.2 Å². The Morgan fingerprint density at radius 1 is 1.18 bits per heavy atom. The number of nitrogens with one attached hydrogen (secondary N) is 2. The molecule has 4 N–H and O–H groups in total. The van der Waals surface area contributed by atoms with Crippen molar-refractivity contribution in [2.45, 2.75) is 25.3 Å². The number of nitrogens with zero attached hydrogens (tertiary/aromatic N) is 3. The van der Waals surface area contributed by atoms with Gasteiger partial charge in [0.05, 0.1) is 28.9 Å². The Hall–Kier alpha value is -4.49. The van der Waals surface area contributed by atoms with Gasteiger partial charge in [0.1, 0.15) is 18.2 Å². The van der Waals surface area contributed by atoms with Gasteiger partial charge in [-0.3, -0.25) is 4.79 Å². The van der Waals surface area contributed by atoms with E-state index in [1.165, 1.54) is 12.1 Å². The van der Waals surface area contributed by atoms with Crippen molar-refractivity contribution >= 4 is 17.8 Å². The average Bonchev–Trinajstić information content (AvgIpc) is 3.43. The molecule has 0 radical (unpaired) electrons. The zero-order valence-corrected chi connectivity index (χ0v) is 21.5. The summed E-state index contributed by atoms with van der Waals surface area (Å²) < 4.78 is 18.8. The standard InChI is InChI=1S/C29H31FN6O3/c30-22-7-3-5-20(17-22)12-14-33-27-25(10-11-26(35-27)24-9-2-1-6-21(24)18-32)28(37)34-19-23-8-4-15-36(23)29(38)39-16-13-31/h1-3,5-7,9-11,17,23H,4,8,12-16,19,31H2,(H,33,35)(H,34,37)/t23-/m1/s1. The number of rotatable bonds is 10. The van der Waals surface area contributed by atoms with Crippen molar-refractivity contribution in [2.24, 2.45) is 5.73 Å². The highest BCUT2D eigenvalue weighted by Gasteiger charge is 2.30. The van der Waals surface area contributed by atoms with Crippen LogP contribution >= 0.6 is 0 Å². The first kappa shape index (κ1) is 27.5. The fraction of sp³-hybridized carbons (Fsp3) is 0.310. The van der Waals surface area contributed by atoms with Gasteiger partial charge in [-0.15, -0.1) is 0 Å². The van der Waals surface area contributed by atoms with Gasteiger partial charge in [-0.25, -0.2) is 14.2 Å². The molecule has 1 saturated heterocycles. The molecule has 9 nitrogen and oxygen atoms in total. The van der Waals surface area contributed by atoms with Crippen LogP contribution in [0.5, 0.6) is 0 Å². The molecule has 2 aromatic carbocycles. The van der Waals surface area contributed by atoms with Crippen molar-refractivity contribution < 1.29 is 18.7 Å². The number of pyridine rings is 1. The summed E-state index contributed by atoms with van der Waals surface area (Å²) in [7, 11) is 0. The molecule has 10 heteroatoms. The molecule has 0 aliphatic carbocycles. The molecule has 1 aliphatic rings. The zero-order chi connectivity index (χ0) is 27.6. The molecule has 1 fully saturated rings. The summed E-state index contributed by atoms with van der Waals surface area (Å²) in [5.41, 5.74) is 8.22. The summed E-state index contributed by atoms with van der Waals surface area (Å²) in [4.78, 5) is 31.9. The van der Waals surface area contributed by atoms with Crippen LogP contribution in [0.1, 0.15) is 34.3 Å². The molecule has 2 heterocycles. The van der Waals surface area contributed by atoms with Gasteiger partial charge in [-0.05, 0) is 55.2 Å². The molecule has 1 aromatic heterocycles. The number of amides is 2. The molecule has 0 saturated carbocycles. The second kappa shape index (κ2) is 13.3. The van der Waals surface area contributed by atoms with E-state index in [4.69, 9.17) is 10.5 Å². The smallest absolute Gasteiger partial charge is 0.410 e. The summed E-state index contributed by atoms with van der Waals surface area (Å²) >= 11 is 0. The van der Waals surface area contributed by atoms with Crippen molar-refractivity contribution in [3.05, 3.63) is 83.2 Å². The van der Waals surface area contributed by atoms with Crippen LogP contribution < -0.4 is 16.4 Å². The summed E-state index contributed by atoms with van der Waals surface area (Å²) in [6, 6.07) is 18.8. The fourth-order valence-electron chi connectivity index (χ4n) is 4.57. The molecule has 1 atom stereocenters. The van der Waals surface area contributed by atoms with Gasteiger partial charge in [0, 0.05) is 31.7 Å². The quantitative estimate of drug-likeness (QED) is 0.364. The Kier molecular flexibility index (Phi) is 9.43. The first-order valence-electron chi connectivity index (χ1n) is 12.9. The lowest BCUT2D eigenvalue weighted by Crippen LogP contribution is -2.43. The number of carbonyl (C=O) groups excluding carboxylic acids is 2. The number of anilines is 1. The second-order valence-electron chi connectivity index (χ2n) is 9.16. The topological polar surface area (TPSA) is 133 Å². The van der Waals surface area contributed by atoms with E-state index in [-0.39, 0.29) is 37.5 Å². The Bertz CT molecular complexity index is 1360. The van der Waals surface area contributed by atoms with E-state index >= 15 is 0 Å². The number of ether oxygens (including phenoxy) is 1. The molecule has 1 aliphatic heterocycles. The molecule has 4 rings (SSSR count). The molecule has 3 aromatic rings. The van der Waals surface area contributed by atoms with Crippen molar-refractivity contribution in [2.75, 3.05) is 38.1 Å². The van der Waals surface area contributed by atoms with Gasteiger partial charge >= 0.3 is 6.09 Å². The number of aromatic nitrogens is 1. The Labute approximate surface area is 226 Å². The van der Waals surface area contributed by atoms with E-state index in [1.54, 1.807) is 41.3 Å². The number of nitriles is 1. The van der Waals surface area contributed by atoms with Crippen molar-refractivity contribution in [1.29, 1.82) is 5.26 Å². The minimum absolute atomic E-state index is 0.145. The van der Waals surface area contributed by atoms with Crippen molar-refractivity contribution in [3.63, 3.8) is 0 Å². The lowest BCUT2D eigenvalue weighted by atomic mass is 10.0. The molecule has 39 heavy (non-hydrogen) atoms. The van der Waals surface area contributed by atoms with Crippen LogP contribution in [-0.2, 0) is 11.2 Å². The largest absolute Gasteiger partial charge is 0.448 e. The van der Waals surface area contributed by atoms with Crippen LogP contribution in [0.2, 0.25) is 0 Å². The van der Waals surface area contributed by atoms with Gasteiger partial charge in [-0.1, -0.05) is 30.3 Å². The van der Waals surface area contributed by atoms with Crippen LogP contribution in [0.15, 0.2) is 60.7 Å². The van der Waals surface area contributed by atoms with Gasteiger partial charge in [0.2, 0.25) is 0 Å². The predicted octanol–water partition coefficient (Wildman–Crippen LogP) is 3.70. The highest BCUT2D eigenvalue weighted by atomic mass is 19.1. The molecule has 0 spiro atoms. The molecular formula is C29H31FN6O3. The van der Waals surface area contributed by atoms with Crippen molar-refractivity contribution in [1.82, 2.24) is 15.2 Å². The maximum atomic E-state index is 13.6. The lowest BCUT2D eigenvalue weighted by Gasteiger charge is -2.24. The number of hydrogen-bond acceptors (Lipinski definition) is 7. The monoisotopic (exact) mass is 530 g/mol. The SMILES string of the molecule is N#Cc1ccccc1-c1ccc(C(=O)NC[C@H]2CCCN2C(=O)OCCN)c(NCCc2cccc(F)c2)n1. The Morgan fingerprint density at radius 2 is 2.03 bits per heavy atom. The summed E-state index contributed by atoms with van der Waals surface area (Å²) in [6.07, 6.45) is 1.65. The van der Waals surface area contributed by atoms with Crippen LogP contribution in [0.4, 0.5) is 15.0 Å². The van der Waals surface area contributed by atoms with E-state index in [1.807, 2.05) is 12.1 Å². The summed E-state index contributed by atoms with van der Waals surface area (Å²) in [5.74, 6) is -0.313. The van der Waals surface area contributed by atoms with Crippen LogP contribution in [0, 0.1) is 17.1 Å². The van der Waals surface area contributed by atoms with Crippen LogP contribution in [0.3, 0.4) is 0 Å². The van der Waals surface area contributed by atoms with E-state index in [0.29, 0.717) is 47.7 Å². The number of likely N-dealkylation sites (tertiary alicyclic amines) is 1. The van der Waals surface area contributed by atoms with E-state index < -0.39 is 6.09 Å². The molecule has 0 unspecified atom stereocenters. The number of hydrogen-bond donors (Lipinski definition) is 3. The van der Waals surface area contributed by atoms with Gasteiger partial charge in [-0.2, -0.15) is 5.26 Å². The molecule has 202 valence electrons. The average molecular weight is 531 g/mol. The van der Waals surface area contributed by atoms with Gasteiger partial charge < -0.3 is 26.0 Å². The maximum absolute atomic E-state index is 13.6. The van der Waals surface area contributed by atoms with Crippen LogP contribution in [0.25, 0.3) is 11.3 Å². The maximum Gasteiger partial charge on any atom is 0.410 e. The highest BCUT2D eigenvalue weighted by molar-refractivity contribution is 5.99. The Balaban J connectivity index is 1.51. The first-order valence-corrected chi connectivity index (χ1v) is 12.9. The third kappa shape index (κ3) is 7.09. The zero-order valence-electron chi connectivity index (χ0n) is 21.5. The summed E-state index contributed by atoms with van der Waals surface area (Å²) in [5, 5.41) is 15.7. The molecular weight excluding hydrogens is 499 g/mol. The number of benzene rings is 2. The number of halogens is 1. The minimum atomic E-state index is -0.431. The third-order valence-electron chi connectivity index (χ3n) is 6.51. The second-order valence-corrected chi connectivity index (χ2v) is 9.16.